The summed E-state index contributed by atoms with van der Waals surface area (Å²) in [5, 5.41) is 12.3. The summed E-state index contributed by atoms with van der Waals surface area (Å²) in [5.41, 5.74) is 0. The van der Waals surface area contributed by atoms with Crippen molar-refractivity contribution in [2.75, 3.05) is 6.16 Å². The summed E-state index contributed by atoms with van der Waals surface area (Å²) in [7, 11) is -4.12. The minimum Gasteiger partial charge on any atom is -0.548 e. The van der Waals surface area contributed by atoms with E-state index in [0.29, 0.717) is 0 Å². The number of nitroso groups, excluding NO2 is 1. The molecule has 7 nitrogen and oxygen atoms in total. The number of hydrogen-bond acceptors (Lipinski definition) is 5. The van der Waals surface area contributed by atoms with Gasteiger partial charge in [-0.3, -0.25) is 4.57 Å². The second-order valence-electron chi connectivity index (χ2n) is 2.47. The Kier molecular flexibility index (Phi) is 4.76. The Morgan fingerprint density at radius 3 is 2.38 bits per heavy atom. The topological polar surface area (TPSA) is 127 Å². The maximum absolute atomic E-state index is 10.3. The van der Waals surface area contributed by atoms with E-state index in [0.717, 1.165) is 0 Å². The van der Waals surface area contributed by atoms with Crippen molar-refractivity contribution in [2.45, 2.75) is 18.9 Å². The van der Waals surface area contributed by atoms with Gasteiger partial charge >= 0.3 is 7.60 Å². The van der Waals surface area contributed by atoms with Crippen LogP contribution < -0.4 is 5.11 Å². The lowest BCUT2D eigenvalue weighted by molar-refractivity contribution is -0.307. The molecule has 0 aliphatic heterocycles. The van der Waals surface area contributed by atoms with Gasteiger partial charge in [-0.05, 0) is 12.8 Å². The number of carboxylic acids is 1. The van der Waals surface area contributed by atoms with E-state index in [1.165, 1.54) is 0 Å². The van der Waals surface area contributed by atoms with Crippen molar-refractivity contribution in [3.05, 3.63) is 4.91 Å². The van der Waals surface area contributed by atoms with Gasteiger partial charge in [0.2, 0.25) is 0 Å². The summed E-state index contributed by atoms with van der Waals surface area (Å²) in [4.78, 5) is 36.7. The fourth-order valence-electron chi connectivity index (χ4n) is 0.704. The number of aliphatic carboxylic acids is 1. The lowest BCUT2D eigenvalue weighted by atomic mass is 10.2. The Morgan fingerprint density at radius 2 is 2.08 bits per heavy atom. The molecule has 1 unspecified atom stereocenters. The van der Waals surface area contributed by atoms with Gasteiger partial charge in [0.05, 0.1) is 5.97 Å². The Balaban J connectivity index is 3.81. The van der Waals surface area contributed by atoms with E-state index in [1.54, 1.807) is 0 Å². The van der Waals surface area contributed by atoms with Gasteiger partial charge in [-0.15, -0.1) is 0 Å². The van der Waals surface area contributed by atoms with Crippen LogP contribution in [0.15, 0.2) is 5.18 Å². The Labute approximate surface area is 73.9 Å². The van der Waals surface area contributed by atoms with Crippen LogP contribution in [0.1, 0.15) is 12.8 Å². The standard InChI is InChI=1S/C5H10NO6P/c7-5(8)4(6-9)2-1-3-13(10,11)12/h4H,1-3H2,(H,7,8)(H2,10,11,12)/p-1. The average molecular weight is 210 g/mol. The third-order valence-corrected chi connectivity index (χ3v) is 2.23. The zero-order valence-corrected chi connectivity index (χ0v) is 7.51. The second-order valence-corrected chi connectivity index (χ2v) is 4.25. The molecule has 0 aromatic carbocycles. The normalized spacial score (nSPS) is 13.7. The summed E-state index contributed by atoms with van der Waals surface area (Å²) in [6.07, 6.45) is -0.738. The fraction of sp³-hybridized carbons (Fsp3) is 0.800. The van der Waals surface area contributed by atoms with Gasteiger partial charge in [-0.2, -0.15) is 4.91 Å². The highest BCUT2D eigenvalue weighted by atomic mass is 31.2. The fourth-order valence-corrected chi connectivity index (χ4v) is 1.30. The van der Waals surface area contributed by atoms with Crippen molar-refractivity contribution in [1.29, 1.82) is 0 Å². The predicted molar refractivity (Wildman–Crippen MR) is 40.7 cm³/mol. The Morgan fingerprint density at radius 1 is 1.54 bits per heavy atom. The van der Waals surface area contributed by atoms with Crippen LogP contribution in [-0.2, 0) is 9.36 Å². The van der Waals surface area contributed by atoms with Crippen molar-refractivity contribution < 1.29 is 24.3 Å². The molecule has 0 saturated heterocycles. The molecule has 13 heavy (non-hydrogen) atoms. The van der Waals surface area contributed by atoms with Gasteiger partial charge in [0.15, 0.2) is 0 Å². The number of rotatable bonds is 6. The highest BCUT2D eigenvalue weighted by Gasteiger charge is 2.15. The van der Waals surface area contributed by atoms with E-state index >= 15 is 0 Å². The first-order valence-corrected chi connectivity index (χ1v) is 5.24. The molecule has 1 atom stereocenters. The number of carbonyl (C=O) groups is 1. The third kappa shape index (κ3) is 6.39. The van der Waals surface area contributed by atoms with Crippen molar-refractivity contribution in [2.24, 2.45) is 5.18 Å². The first kappa shape index (κ1) is 12.2. The minimum absolute atomic E-state index is 0.0747. The molecule has 0 rings (SSSR count). The number of hydrogen-bond donors (Lipinski definition) is 2. The molecular formula is C5H9NO6P-. The molecule has 0 spiro atoms. The van der Waals surface area contributed by atoms with Gasteiger partial charge in [0.25, 0.3) is 0 Å². The van der Waals surface area contributed by atoms with Crippen LogP contribution in [0.2, 0.25) is 0 Å². The van der Waals surface area contributed by atoms with Crippen molar-refractivity contribution >= 4 is 13.6 Å². The molecule has 2 N–H and O–H groups in total. The molecule has 0 saturated carbocycles. The average Bonchev–Trinajstić information content (AvgIpc) is 1.95. The molecule has 0 bridgehead atoms. The van der Waals surface area contributed by atoms with E-state index in [9.17, 15) is 19.4 Å². The van der Waals surface area contributed by atoms with Crippen LogP contribution in [0.4, 0.5) is 0 Å². The molecule has 0 amide bonds. The largest absolute Gasteiger partial charge is 0.548 e. The Bertz CT molecular complexity index is 235. The van der Waals surface area contributed by atoms with E-state index < -0.39 is 25.8 Å². The van der Waals surface area contributed by atoms with Gasteiger partial charge in [-0.1, -0.05) is 5.18 Å². The van der Waals surface area contributed by atoms with E-state index in [-0.39, 0.29) is 12.8 Å². The summed E-state index contributed by atoms with van der Waals surface area (Å²) < 4.78 is 10.3. The van der Waals surface area contributed by atoms with Crippen LogP contribution in [0.5, 0.6) is 0 Å². The Hall–Kier alpha value is -0.780. The number of nitrogens with zero attached hydrogens (tertiary/aromatic N) is 1. The number of carbonyl (C=O) groups excluding carboxylic acids is 1. The van der Waals surface area contributed by atoms with Gasteiger partial charge < -0.3 is 19.7 Å². The van der Waals surface area contributed by atoms with Crippen molar-refractivity contribution in [3.8, 4) is 0 Å². The van der Waals surface area contributed by atoms with Crippen LogP contribution in [0, 0.1) is 4.91 Å². The van der Waals surface area contributed by atoms with Crippen molar-refractivity contribution in [1.82, 2.24) is 0 Å². The molecule has 76 valence electrons. The third-order valence-electron chi connectivity index (χ3n) is 1.33. The lowest BCUT2D eigenvalue weighted by Gasteiger charge is -2.09. The van der Waals surface area contributed by atoms with E-state index in [1.807, 2.05) is 0 Å². The molecule has 0 aromatic heterocycles. The zero-order chi connectivity index (χ0) is 10.5. The second kappa shape index (κ2) is 5.06. The predicted octanol–water partition coefficient (Wildman–Crippen LogP) is -1.17. The summed E-state index contributed by atoms with van der Waals surface area (Å²) in [6.45, 7) is 0. The summed E-state index contributed by atoms with van der Waals surface area (Å²) in [5.74, 6) is -1.62. The van der Waals surface area contributed by atoms with Gasteiger partial charge in [0, 0.05) is 6.16 Å². The molecule has 0 aromatic rings. The smallest absolute Gasteiger partial charge is 0.325 e. The van der Waals surface area contributed by atoms with Gasteiger partial charge in [0.1, 0.15) is 6.04 Å². The minimum atomic E-state index is -4.12. The van der Waals surface area contributed by atoms with Gasteiger partial charge in [-0.25, -0.2) is 0 Å². The molecule has 0 fully saturated rings. The lowest BCUT2D eigenvalue weighted by Crippen LogP contribution is -2.34. The van der Waals surface area contributed by atoms with E-state index in [2.05, 4.69) is 5.18 Å². The maximum atomic E-state index is 10.3. The first-order chi connectivity index (χ1) is 5.87. The zero-order valence-electron chi connectivity index (χ0n) is 6.62. The molecule has 0 heterocycles. The monoisotopic (exact) mass is 210 g/mol. The molecule has 0 aliphatic carbocycles. The molecular weight excluding hydrogens is 201 g/mol. The quantitative estimate of drug-likeness (QED) is 0.420. The van der Waals surface area contributed by atoms with Crippen LogP contribution in [-0.4, -0.2) is 28.0 Å². The van der Waals surface area contributed by atoms with E-state index in [4.69, 9.17) is 9.79 Å². The molecule has 0 radical (unpaired) electrons. The van der Waals surface area contributed by atoms with Crippen LogP contribution >= 0.6 is 7.60 Å². The molecule has 8 heteroatoms. The summed E-state index contributed by atoms with van der Waals surface area (Å²) in [6, 6.07) is -1.52. The SMILES string of the molecule is O=NC(CCCP(=O)(O)O)C(=O)[O-]. The van der Waals surface area contributed by atoms with Crippen LogP contribution in [0.25, 0.3) is 0 Å². The van der Waals surface area contributed by atoms with Crippen LogP contribution in [0.3, 0.4) is 0 Å². The first-order valence-electron chi connectivity index (χ1n) is 3.44. The highest BCUT2D eigenvalue weighted by molar-refractivity contribution is 7.51. The highest BCUT2D eigenvalue weighted by Crippen LogP contribution is 2.35. The maximum Gasteiger partial charge on any atom is 0.325 e. The molecule has 0 aliphatic rings. The van der Waals surface area contributed by atoms with Crippen molar-refractivity contribution in [3.63, 3.8) is 0 Å². The number of carboxylic acid groups (broad SMARTS) is 1. The summed E-state index contributed by atoms with van der Waals surface area (Å²) >= 11 is 0.